The van der Waals surface area contributed by atoms with Crippen LogP contribution in [0.5, 0.6) is 0 Å². The van der Waals surface area contributed by atoms with Crippen LogP contribution in [-0.2, 0) is 14.9 Å². The molecule has 0 radical (unpaired) electrons. The minimum Gasteiger partial charge on any atom is -0.318 e. The second-order valence-electron chi connectivity index (χ2n) is 7.11. The summed E-state index contributed by atoms with van der Waals surface area (Å²) in [5, 5.41) is 0. The van der Waals surface area contributed by atoms with E-state index in [4.69, 9.17) is 14.5 Å². The topological polar surface area (TPSA) is 36.3 Å². The minimum absolute atomic E-state index is 0.240. The molecule has 0 unspecified atom stereocenters. The first kappa shape index (κ1) is 18.3. The van der Waals surface area contributed by atoms with Crippen molar-refractivity contribution in [3.8, 4) is 5.69 Å². The molecule has 4 rings (SSSR count). The first-order valence-electron chi connectivity index (χ1n) is 8.78. The third-order valence-electron chi connectivity index (χ3n) is 4.81. The molecule has 0 amide bonds. The van der Waals surface area contributed by atoms with Crippen LogP contribution in [-0.4, -0.2) is 15.8 Å². The Hall–Kier alpha value is -2.02. The van der Waals surface area contributed by atoms with E-state index >= 15 is 0 Å². The standard InChI is InChI=1S/C21H20BrFN2O2/c1-13-26-19(27-13)18-12-25(15-10-8-14(22)9-11-15)20(24-18)21(2,3)16-6-4-5-7-17(16)23/h4-13,19H,1-3H3. The second kappa shape index (κ2) is 6.86. The van der Waals surface area contributed by atoms with Crippen molar-refractivity contribution in [1.29, 1.82) is 0 Å². The summed E-state index contributed by atoms with van der Waals surface area (Å²) < 4.78 is 28.7. The first-order valence-corrected chi connectivity index (χ1v) is 9.57. The van der Waals surface area contributed by atoms with Crippen molar-refractivity contribution in [3.05, 3.63) is 82.1 Å². The minimum atomic E-state index is -0.661. The van der Waals surface area contributed by atoms with Crippen LogP contribution in [0.2, 0.25) is 0 Å². The SMILES string of the molecule is CC1OC(c2cn(-c3ccc(Br)cc3)c(C(C)(C)c3ccccc3F)n2)O1. The van der Waals surface area contributed by atoms with Gasteiger partial charge in [0.25, 0.3) is 0 Å². The lowest BCUT2D eigenvalue weighted by atomic mass is 9.83. The lowest BCUT2D eigenvalue weighted by molar-refractivity contribution is -0.383. The number of benzene rings is 2. The molecule has 0 aliphatic carbocycles. The number of ether oxygens (including phenoxy) is 2. The van der Waals surface area contributed by atoms with Gasteiger partial charge in [-0.1, -0.05) is 34.1 Å². The van der Waals surface area contributed by atoms with Crippen LogP contribution in [0.3, 0.4) is 0 Å². The van der Waals surface area contributed by atoms with Crippen LogP contribution < -0.4 is 0 Å². The maximum Gasteiger partial charge on any atom is 0.208 e. The van der Waals surface area contributed by atoms with Crippen LogP contribution in [0, 0.1) is 5.82 Å². The molecule has 2 aromatic carbocycles. The maximum atomic E-state index is 14.6. The summed E-state index contributed by atoms with van der Waals surface area (Å²) in [6.45, 7) is 5.78. The molecule has 1 saturated heterocycles. The van der Waals surface area contributed by atoms with Crippen molar-refractivity contribution in [1.82, 2.24) is 9.55 Å². The quantitative estimate of drug-likeness (QED) is 0.548. The van der Waals surface area contributed by atoms with Gasteiger partial charge in [-0.2, -0.15) is 0 Å². The van der Waals surface area contributed by atoms with Gasteiger partial charge in [0.15, 0.2) is 6.29 Å². The Balaban J connectivity index is 1.85. The summed E-state index contributed by atoms with van der Waals surface area (Å²) >= 11 is 3.46. The highest BCUT2D eigenvalue weighted by Gasteiger charge is 2.36. The van der Waals surface area contributed by atoms with Crippen molar-refractivity contribution in [2.24, 2.45) is 0 Å². The Kier molecular flexibility index (Phi) is 4.66. The average molecular weight is 431 g/mol. The van der Waals surface area contributed by atoms with Gasteiger partial charge in [-0.15, -0.1) is 0 Å². The molecule has 1 aliphatic rings. The molecule has 0 atom stereocenters. The van der Waals surface area contributed by atoms with E-state index in [1.54, 1.807) is 12.1 Å². The third kappa shape index (κ3) is 3.33. The number of nitrogens with zero attached hydrogens (tertiary/aromatic N) is 2. The van der Waals surface area contributed by atoms with E-state index < -0.39 is 11.7 Å². The fourth-order valence-electron chi connectivity index (χ4n) is 3.34. The van der Waals surface area contributed by atoms with Gasteiger partial charge in [0.1, 0.15) is 17.3 Å². The zero-order chi connectivity index (χ0) is 19.2. The molecular weight excluding hydrogens is 411 g/mol. The molecular formula is C21H20BrFN2O2. The van der Waals surface area contributed by atoms with Crippen LogP contribution in [0.25, 0.3) is 5.69 Å². The molecule has 1 aromatic heterocycles. The van der Waals surface area contributed by atoms with Crippen LogP contribution >= 0.6 is 15.9 Å². The molecule has 0 saturated carbocycles. The second-order valence-corrected chi connectivity index (χ2v) is 8.03. The highest BCUT2D eigenvalue weighted by atomic mass is 79.9. The van der Waals surface area contributed by atoms with Crippen molar-refractivity contribution < 1.29 is 13.9 Å². The number of aromatic nitrogens is 2. The number of imidazole rings is 1. The zero-order valence-electron chi connectivity index (χ0n) is 15.3. The summed E-state index contributed by atoms with van der Waals surface area (Å²) in [7, 11) is 0. The monoisotopic (exact) mass is 430 g/mol. The van der Waals surface area contributed by atoms with Gasteiger partial charge in [-0.3, -0.25) is 0 Å². The normalized spacial score (nSPS) is 19.7. The van der Waals surface area contributed by atoms with Gasteiger partial charge in [0.2, 0.25) is 6.29 Å². The van der Waals surface area contributed by atoms with Gasteiger partial charge in [0.05, 0.1) is 5.41 Å². The first-order chi connectivity index (χ1) is 12.9. The average Bonchev–Trinajstić information content (AvgIpc) is 3.05. The van der Waals surface area contributed by atoms with E-state index in [2.05, 4.69) is 15.9 Å². The molecule has 0 spiro atoms. The van der Waals surface area contributed by atoms with Gasteiger partial charge in [-0.05, 0) is 51.1 Å². The third-order valence-corrected chi connectivity index (χ3v) is 5.34. The predicted octanol–water partition coefficient (Wildman–Crippen LogP) is 5.49. The predicted molar refractivity (Wildman–Crippen MR) is 104 cm³/mol. The highest BCUT2D eigenvalue weighted by Crippen LogP contribution is 2.37. The smallest absolute Gasteiger partial charge is 0.208 e. The summed E-state index contributed by atoms with van der Waals surface area (Å²) in [6.07, 6.45) is 1.17. The van der Waals surface area contributed by atoms with Gasteiger partial charge in [0, 0.05) is 21.9 Å². The summed E-state index contributed by atoms with van der Waals surface area (Å²) in [6, 6.07) is 14.7. The molecule has 0 N–H and O–H groups in total. The van der Waals surface area contributed by atoms with E-state index in [1.807, 2.05) is 61.9 Å². The molecule has 1 fully saturated rings. The molecule has 2 heterocycles. The number of halogens is 2. The fourth-order valence-corrected chi connectivity index (χ4v) is 3.60. The van der Waals surface area contributed by atoms with Crippen molar-refractivity contribution >= 4 is 15.9 Å². The van der Waals surface area contributed by atoms with Gasteiger partial charge < -0.3 is 14.0 Å². The van der Waals surface area contributed by atoms with Crippen molar-refractivity contribution in [3.63, 3.8) is 0 Å². The molecule has 3 aromatic rings. The van der Waals surface area contributed by atoms with Gasteiger partial charge >= 0.3 is 0 Å². The molecule has 1 aliphatic heterocycles. The largest absolute Gasteiger partial charge is 0.318 e. The van der Waals surface area contributed by atoms with Crippen molar-refractivity contribution in [2.75, 3.05) is 0 Å². The van der Waals surface area contributed by atoms with Crippen LogP contribution in [0.1, 0.15) is 44.1 Å². The van der Waals surface area contributed by atoms with E-state index in [0.717, 1.165) is 16.0 Å². The number of rotatable bonds is 4. The fraction of sp³-hybridized carbons (Fsp3) is 0.286. The molecule has 6 heteroatoms. The van der Waals surface area contributed by atoms with E-state index in [1.165, 1.54) is 6.07 Å². The molecule has 4 nitrogen and oxygen atoms in total. The Morgan fingerprint density at radius 3 is 2.37 bits per heavy atom. The molecule has 0 bridgehead atoms. The molecule has 27 heavy (non-hydrogen) atoms. The Labute approximate surface area is 166 Å². The highest BCUT2D eigenvalue weighted by molar-refractivity contribution is 9.10. The molecule has 140 valence electrons. The Bertz CT molecular complexity index is 963. The van der Waals surface area contributed by atoms with E-state index in [0.29, 0.717) is 11.3 Å². The lowest BCUT2D eigenvalue weighted by Gasteiger charge is -2.32. The van der Waals surface area contributed by atoms with Crippen molar-refractivity contribution in [2.45, 2.75) is 38.8 Å². The van der Waals surface area contributed by atoms with Crippen LogP contribution in [0.15, 0.2) is 59.2 Å². The Morgan fingerprint density at radius 2 is 1.74 bits per heavy atom. The van der Waals surface area contributed by atoms with E-state index in [9.17, 15) is 4.39 Å². The Morgan fingerprint density at radius 1 is 1.07 bits per heavy atom. The lowest BCUT2D eigenvalue weighted by Crippen LogP contribution is -2.32. The number of hydrogen-bond donors (Lipinski definition) is 0. The van der Waals surface area contributed by atoms with Crippen LogP contribution in [0.4, 0.5) is 4.39 Å². The number of hydrogen-bond acceptors (Lipinski definition) is 3. The van der Waals surface area contributed by atoms with Gasteiger partial charge in [-0.25, -0.2) is 9.37 Å². The summed E-state index contributed by atoms with van der Waals surface area (Å²) in [5.41, 5.74) is 1.54. The summed E-state index contributed by atoms with van der Waals surface area (Å²) in [4.78, 5) is 4.79. The maximum absolute atomic E-state index is 14.6. The summed E-state index contributed by atoms with van der Waals surface area (Å²) in [5.74, 6) is 0.468. The zero-order valence-corrected chi connectivity index (χ0v) is 16.9. The van der Waals surface area contributed by atoms with E-state index in [-0.39, 0.29) is 12.1 Å².